The summed E-state index contributed by atoms with van der Waals surface area (Å²) in [7, 11) is 0. The Bertz CT molecular complexity index is 899. The summed E-state index contributed by atoms with van der Waals surface area (Å²) in [6.07, 6.45) is 8.08. The third-order valence-electron chi connectivity index (χ3n) is 4.78. The summed E-state index contributed by atoms with van der Waals surface area (Å²) in [5, 5.41) is 13.5. The molecule has 3 aromatic heterocycles. The van der Waals surface area contributed by atoms with Crippen molar-refractivity contribution in [1.29, 1.82) is 0 Å². The van der Waals surface area contributed by atoms with Crippen molar-refractivity contribution in [2.24, 2.45) is 0 Å². The highest BCUT2D eigenvalue weighted by molar-refractivity contribution is 7.80. The minimum Gasteiger partial charge on any atom is -0.396 e. The third kappa shape index (κ3) is 3.43. The van der Waals surface area contributed by atoms with Crippen molar-refractivity contribution in [2.45, 2.75) is 18.5 Å². The van der Waals surface area contributed by atoms with Crippen molar-refractivity contribution in [2.75, 3.05) is 13.2 Å². The molecule has 0 bridgehead atoms. The number of hydrogen-bond donors (Lipinski definition) is 2. The molecule has 0 aromatic carbocycles. The highest BCUT2D eigenvalue weighted by atomic mass is 32.1. The van der Waals surface area contributed by atoms with Gasteiger partial charge in [0.15, 0.2) is 5.11 Å². The molecule has 27 heavy (non-hydrogen) atoms. The monoisotopic (exact) mass is 379 g/mol. The number of pyridine rings is 2. The molecule has 4 heterocycles. The van der Waals surface area contributed by atoms with E-state index >= 15 is 0 Å². The second-order valence-corrected chi connectivity index (χ2v) is 6.79. The molecule has 0 aliphatic carbocycles. The number of nitrogens with one attached hydrogen (secondary N) is 1. The van der Waals surface area contributed by atoms with Gasteiger partial charge in [-0.1, -0.05) is 6.07 Å². The minimum atomic E-state index is -0.0621. The first kappa shape index (κ1) is 17.6. The fourth-order valence-electron chi connectivity index (χ4n) is 3.58. The van der Waals surface area contributed by atoms with E-state index < -0.39 is 0 Å². The molecule has 1 fully saturated rings. The third-order valence-corrected chi connectivity index (χ3v) is 5.13. The Hall–Kier alpha value is -2.77. The number of aromatic nitrogens is 3. The number of hydrogen-bond acceptors (Lipinski definition) is 4. The van der Waals surface area contributed by atoms with Gasteiger partial charge in [0.2, 0.25) is 0 Å². The van der Waals surface area contributed by atoms with Crippen LogP contribution >= 0.6 is 12.2 Å². The van der Waals surface area contributed by atoms with E-state index in [1.165, 1.54) is 0 Å². The highest BCUT2D eigenvalue weighted by Gasteiger charge is 2.40. The largest absolute Gasteiger partial charge is 0.396 e. The molecule has 1 aliphatic heterocycles. The highest BCUT2D eigenvalue weighted by Crippen LogP contribution is 2.39. The number of aliphatic hydroxyl groups is 1. The van der Waals surface area contributed by atoms with Gasteiger partial charge >= 0.3 is 0 Å². The van der Waals surface area contributed by atoms with Gasteiger partial charge in [-0.05, 0) is 55.0 Å². The summed E-state index contributed by atoms with van der Waals surface area (Å²) < 4.78 is 2.16. The molecule has 6 nitrogen and oxygen atoms in total. The summed E-state index contributed by atoms with van der Waals surface area (Å²) in [5.74, 6) is 0. The lowest BCUT2D eigenvalue weighted by Gasteiger charge is -2.28. The molecule has 3 aromatic rings. The van der Waals surface area contributed by atoms with Gasteiger partial charge in [-0.15, -0.1) is 0 Å². The maximum Gasteiger partial charge on any atom is 0.170 e. The van der Waals surface area contributed by atoms with Gasteiger partial charge in [0.1, 0.15) is 0 Å². The lowest BCUT2D eigenvalue weighted by molar-refractivity contribution is 0.245. The lowest BCUT2D eigenvalue weighted by atomic mass is 10.0. The molecule has 2 N–H and O–H groups in total. The summed E-state index contributed by atoms with van der Waals surface area (Å²) in [6.45, 7) is 0.809. The molecule has 7 heteroatoms. The second kappa shape index (κ2) is 7.85. The van der Waals surface area contributed by atoms with E-state index in [2.05, 4.69) is 30.8 Å². The minimum absolute atomic E-state index is 0.0258. The molecule has 0 radical (unpaired) electrons. The molecule has 2 atom stereocenters. The predicted molar refractivity (Wildman–Crippen MR) is 107 cm³/mol. The molecular formula is C20H21N5OS. The molecule has 0 spiro atoms. The number of aliphatic hydroxyl groups excluding tert-OH is 1. The van der Waals surface area contributed by atoms with Crippen molar-refractivity contribution < 1.29 is 5.11 Å². The Morgan fingerprint density at radius 1 is 1.07 bits per heavy atom. The fourth-order valence-corrected chi connectivity index (χ4v) is 3.92. The van der Waals surface area contributed by atoms with Crippen molar-refractivity contribution in [3.05, 3.63) is 78.6 Å². The van der Waals surface area contributed by atoms with Crippen LogP contribution in [0.5, 0.6) is 0 Å². The van der Waals surface area contributed by atoms with Crippen LogP contribution in [0.15, 0.2) is 67.3 Å². The Labute approximate surface area is 163 Å². The Kier molecular flexibility index (Phi) is 5.13. The van der Waals surface area contributed by atoms with Crippen molar-refractivity contribution in [3.63, 3.8) is 0 Å². The molecule has 1 saturated heterocycles. The molecule has 4 rings (SSSR count). The fraction of sp³-hybridized carbons (Fsp3) is 0.250. The van der Waals surface area contributed by atoms with Gasteiger partial charge in [0, 0.05) is 49.3 Å². The molecular weight excluding hydrogens is 358 g/mol. The van der Waals surface area contributed by atoms with Crippen molar-refractivity contribution in [3.8, 4) is 5.69 Å². The van der Waals surface area contributed by atoms with Gasteiger partial charge in [-0.3, -0.25) is 9.97 Å². The zero-order valence-corrected chi connectivity index (χ0v) is 15.6. The summed E-state index contributed by atoms with van der Waals surface area (Å²) in [5.41, 5.74) is 3.10. The zero-order chi connectivity index (χ0) is 18.6. The molecule has 1 aliphatic rings. The Balaban J connectivity index is 1.78. The summed E-state index contributed by atoms with van der Waals surface area (Å²) in [4.78, 5) is 10.8. The van der Waals surface area contributed by atoms with Gasteiger partial charge in [0.05, 0.1) is 17.8 Å². The van der Waals surface area contributed by atoms with Crippen molar-refractivity contribution in [1.82, 2.24) is 24.8 Å². The van der Waals surface area contributed by atoms with E-state index in [1.807, 2.05) is 42.6 Å². The topological polar surface area (TPSA) is 66.2 Å². The number of thiocarbonyl (C=S) groups is 1. The lowest BCUT2D eigenvalue weighted by Crippen LogP contribution is -2.31. The second-order valence-electron chi connectivity index (χ2n) is 6.41. The van der Waals surface area contributed by atoms with Crippen LogP contribution in [0.1, 0.15) is 29.9 Å². The molecule has 0 amide bonds. The average Bonchev–Trinajstić information content (AvgIpc) is 3.32. The van der Waals surface area contributed by atoms with Crippen molar-refractivity contribution >= 4 is 17.3 Å². The van der Waals surface area contributed by atoms with Crippen LogP contribution in [0.3, 0.4) is 0 Å². The summed E-state index contributed by atoms with van der Waals surface area (Å²) >= 11 is 5.63. The van der Waals surface area contributed by atoms with Crippen LogP contribution in [0, 0.1) is 0 Å². The first-order chi connectivity index (χ1) is 13.3. The van der Waals surface area contributed by atoms with Crippen LogP contribution < -0.4 is 5.32 Å². The standard InChI is InChI=1S/C20H21N5OS/c26-14-4-13-25-19(18(23-20(25)27)16-5-1-2-9-22-16)17-6-3-12-24(17)15-7-10-21-11-8-15/h1-3,5-12,18-19,26H,4,13-14H2,(H,23,27). The van der Waals surface area contributed by atoms with Gasteiger partial charge in [-0.2, -0.15) is 0 Å². The van der Waals surface area contributed by atoms with E-state index in [0.29, 0.717) is 18.1 Å². The van der Waals surface area contributed by atoms with Crippen LogP contribution in [0.4, 0.5) is 0 Å². The SMILES string of the molecule is OCCCN1C(=S)NC(c2ccccn2)C1c1cccn1-c1ccncc1. The molecule has 2 unspecified atom stereocenters. The first-order valence-corrected chi connectivity index (χ1v) is 9.37. The Morgan fingerprint density at radius 3 is 2.67 bits per heavy atom. The van der Waals surface area contributed by atoms with Crippen LogP contribution in [-0.4, -0.2) is 42.8 Å². The summed E-state index contributed by atoms with van der Waals surface area (Å²) in [6, 6.07) is 13.9. The quantitative estimate of drug-likeness (QED) is 0.642. The smallest absolute Gasteiger partial charge is 0.170 e. The number of nitrogens with zero attached hydrogens (tertiary/aromatic N) is 4. The zero-order valence-electron chi connectivity index (χ0n) is 14.8. The van der Waals surface area contributed by atoms with Gasteiger partial charge < -0.3 is 19.9 Å². The number of rotatable bonds is 6. The van der Waals surface area contributed by atoms with E-state index in [4.69, 9.17) is 12.2 Å². The maximum absolute atomic E-state index is 9.33. The average molecular weight is 379 g/mol. The van der Waals surface area contributed by atoms with Crippen LogP contribution in [-0.2, 0) is 0 Å². The van der Waals surface area contributed by atoms with E-state index in [9.17, 15) is 5.11 Å². The maximum atomic E-state index is 9.33. The van der Waals surface area contributed by atoms with Crippen LogP contribution in [0.2, 0.25) is 0 Å². The molecule has 138 valence electrons. The molecule has 0 saturated carbocycles. The normalized spacial score (nSPS) is 19.3. The van der Waals surface area contributed by atoms with E-state index in [-0.39, 0.29) is 18.7 Å². The first-order valence-electron chi connectivity index (χ1n) is 8.96. The van der Waals surface area contributed by atoms with Gasteiger partial charge in [-0.25, -0.2) is 0 Å². The van der Waals surface area contributed by atoms with E-state index in [0.717, 1.165) is 17.1 Å². The predicted octanol–water partition coefficient (Wildman–Crippen LogP) is 2.62. The Morgan fingerprint density at radius 2 is 1.93 bits per heavy atom. The van der Waals surface area contributed by atoms with E-state index in [1.54, 1.807) is 18.6 Å². The van der Waals surface area contributed by atoms with Crippen LogP contribution in [0.25, 0.3) is 5.69 Å². The van der Waals surface area contributed by atoms with Gasteiger partial charge in [0.25, 0.3) is 0 Å².